The first-order valence-electron chi connectivity index (χ1n) is 9.17. The number of halogens is 1. The van der Waals surface area contributed by atoms with Gasteiger partial charge in [-0.3, -0.25) is 9.59 Å². The minimum Gasteiger partial charge on any atom is -0.494 e. The van der Waals surface area contributed by atoms with E-state index in [9.17, 15) is 4.39 Å². The summed E-state index contributed by atoms with van der Waals surface area (Å²) < 4.78 is 20.8. The zero-order valence-electron chi connectivity index (χ0n) is 16.8. The fourth-order valence-electron chi connectivity index (χ4n) is 3.08. The van der Waals surface area contributed by atoms with Crippen LogP contribution in [0.3, 0.4) is 0 Å². The molecule has 29 heavy (non-hydrogen) atoms. The van der Waals surface area contributed by atoms with Crippen molar-refractivity contribution in [2.45, 2.75) is 51.6 Å². The molecular weight excluding hydrogens is 381 g/mol. The Kier molecular flexibility index (Phi) is 9.81. The zero-order valence-corrected chi connectivity index (χ0v) is 16.8. The first-order chi connectivity index (χ1) is 13.6. The standard InChI is InChI=1S/C16H20FN3O.2C2H4O2/c1-21-15-9-11(5-6-14(15)17)16-19-7-8-20(16)13-4-2-3-12(18)10-13;2*1-2(3)4/h5-9,12-13H,2-4,10,18H2,1H3;2*1H3,(H,3,4)/t12-,13-;;/m1../s1. The second kappa shape index (κ2) is 11.8. The van der Waals surface area contributed by atoms with E-state index in [1.165, 1.54) is 13.2 Å². The van der Waals surface area contributed by atoms with Crippen LogP contribution in [0.5, 0.6) is 5.75 Å². The summed E-state index contributed by atoms with van der Waals surface area (Å²) in [6.45, 7) is 2.17. The van der Waals surface area contributed by atoms with Crippen molar-refractivity contribution in [3.8, 4) is 17.1 Å². The predicted molar refractivity (Wildman–Crippen MR) is 106 cm³/mol. The number of rotatable bonds is 3. The van der Waals surface area contributed by atoms with Crippen LogP contribution in [-0.4, -0.2) is 44.9 Å². The first-order valence-corrected chi connectivity index (χ1v) is 9.17. The molecule has 3 rings (SSSR count). The van der Waals surface area contributed by atoms with Gasteiger partial charge in [0.15, 0.2) is 11.6 Å². The fourth-order valence-corrected chi connectivity index (χ4v) is 3.08. The lowest BCUT2D eigenvalue weighted by Gasteiger charge is -2.28. The van der Waals surface area contributed by atoms with E-state index in [2.05, 4.69) is 9.55 Å². The molecule has 160 valence electrons. The smallest absolute Gasteiger partial charge is 0.300 e. The van der Waals surface area contributed by atoms with E-state index in [0.717, 1.165) is 50.9 Å². The third kappa shape index (κ3) is 8.30. The Bertz CT molecular complexity index is 789. The maximum Gasteiger partial charge on any atom is 0.300 e. The minimum absolute atomic E-state index is 0.238. The van der Waals surface area contributed by atoms with Crippen LogP contribution in [0.15, 0.2) is 30.6 Å². The van der Waals surface area contributed by atoms with E-state index in [-0.39, 0.29) is 17.6 Å². The molecular formula is C20H28FN3O5. The molecule has 0 bridgehead atoms. The fraction of sp³-hybridized carbons (Fsp3) is 0.450. The number of ether oxygens (including phenoxy) is 1. The van der Waals surface area contributed by atoms with Crippen LogP contribution >= 0.6 is 0 Å². The van der Waals surface area contributed by atoms with Crippen LogP contribution in [0.1, 0.15) is 45.6 Å². The molecule has 1 saturated carbocycles. The Hall–Kier alpha value is -2.94. The third-order valence-corrected chi connectivity index (χ3v) is 4.16. The number of carbonyl (C=O) groups is 2. The number of benzene rings is 1. The lowest BCUT2D eigenvalue weighted by Crippen LogP contribution is -2.29. The van der Waals surface area contributed by atoms with E-state index in [1.54, 1.807) is 18.3 Å². The van der Waals surface area contributed by atoms with Gasteiger partial charge in [-0.2, -0.15) is 0 Å². The second-order valence-electron chi connectivity index (χ2n) is 6.63. The number of hydrogen-bond acceptors (Lipinski definition) is 5. The number of carboxylic acids is 2. The highest BCUT2D eigenvalue weighted by molar-refractivity contribution is 5.63. The molecule has 2 aromatic rings. The minimum atomic E-state index is -0.833. The molecule has 0 spiro atoms. The average Bonchev–Trinajstić information content (AvgIpc) is 3.11. The van der Waals surface area contributed by atoms with E-state index in [1.807, 2.05) is 6.20 Å². The molecule has 0 aliphatic heterocycles. The second-order valence-corrected chi connectivity index (χ2v) is 6.63. The highest BCUT2D eigenvalue weighted by Gasteiger charge is 2.23. The van der Waals surface area contributed by atoms with Gasteiger partial charge in [0.1, 0.15) is 5.82 Å². The van der Waals surface area contributed by atoms with Gasteiger partial charge in [0.25, 0.3) is 11.9 Å². The van der Waals surface area contributed by atoms with Gasteiger partial charge in [-0.05, 0) is 43.9 Å². The van der Waals surface area contributed by atoms with Crippen molar-refractivity contribution in [1.82, 2.24) is 9.55 Å². The van der Waals surface area contributed by atoms with Crippen molar-refractivity contribution >= 4 is 11.9 Å². The molecule has 0 unspecified atom stereocenters. The van der Waals surface area contributed by atoms with Gasteiger partial charge in [-0.25, -0.2) is 9.37 Å². The molecule has 2 atom stereocenters. The molecule has 1 aromatic heterocycles. The number of nitrogens with two attached hydrogens (primary N) is 1. The van der Waals surface area contributed by atoms with Crippen molar-refractivity contribution in [3.05, 3.63) is 36.4 Å². The number of nitrogens with zero attached hydrogens (tertiary/aromatic N) is 2. The molecule has 0 amide bonds. The summed E-state index contributed by atoms with van der Waals surface area (Å²) in [5, 5.41) is 14.8. The molecule has 4 N–H and O–H groups in total. The van der Waals surface area contributed by atoms with Gasteiger partial charge in [0, 0.05) is 43.9 Å². The number of carboxylic acid groups (broad SMARTS) is 2. The summed E-state index contributed by atoms with van der Waals surface area (Å²) in [7, 11) is 1.47. The van der Waals surface area contributed by atoms with Crippen molar-refractivity contribution in [2.24, 2.45) is 5.73 Å². The Morgan fingerprint density at radius 1 is 1.24 bits per heavy atom. The Morgan fingerprint density at radius 3 is 2.41 bits per heavy atom. The number of aliphatic carboxylic acids is 2. The molecule has 0 radical (unpaired) electrons. The third-order valence-electron chi connectivity index (χ3n) is 4.16. The monoisotopic (exact) mass is 409 g/mol. The number of aromatic nitrogens is 2. The van der Waals surface area contributed by atoms with E-state index >= 15 is 0 Å². The quantitative estimate of drug-likeness (QED) is 0.709. The van der Waals surface area contributed by atoms with Gasteiger partial charge in [-0.15, -0.1) is 0 Å². The molecule has 1 heterocycles. The Labute approximate surface area is 169 Å². The van der Waals surface area contributed by atoms with Gasteiger partial charge in [0.05, 0.1) is 7.11 Å². The average molecular weight is 409 g/mol. The summed E-state index contributed by atoms with van der Waals surface area (Å²) in [6, 6.07) is 5.46. The SMILES string of the molecule is CC(=O)O.CC(=O)O.COc1cc(-c2nccn2[C@@H]2CCC[C@@H](N)C2)ccc1F. The summed E-state index contributed by atoms with van der Waals surface area (Å²) in [5.41, 5.74) is 6.94. The van der Waals surface area contributed by atoms with Crippen molar-refractivity contribution in [2.75, 3.05) is 7.11 Å². The first kappa shape index (κ1) is 24.1. The Morgan fingerprint density at radius 2 is 1.86 bits per heavy atom. The van der Waals surface area contributed by atoms with Crippen molar-refractivity contribution in [1.29, 1.82) is 0 Å². The van der Waals surface area contributed by atoms with Crippen molar-refractivity contribution < 1.29 is 28.9 Å². The molecule has 1 aliphatic carbocycles. The van der Waals surface area contributed by atoms with Crippen LogP contribution in [0, 0.1) is 5.82 Å². The lowest BCUT2D eigenvalue weighted by atomic mass is 9.91. The number of hydrogen-bond donors (Lipinski definition) is 3. The summed E-state index contributed by atoms with van der Waals surface area (Å²) in [4.78, 5) is 22.4. The topological polar surface area (TPSA) is 128 Å². The molecule has 1 fully saturated rings. The number of imidazole rings is 1. The van der Waals surface area contributed by atoms with Crippen LogP contribution in [-0.2, 0) is 9.59 Å². The summed E-state index contributed by atoms with van der Waals surface area (Å²) in [5.74, 6) is -0.950. The zero-order chi connectivity index (χ0) is 22.0. The van der Waals surface area contributed by atoms with E-state index in [4.69, 9.17) is 30.3 Å². The normalized spacial score (nSPS) is 17.8. The highest BCUT2D eigenvalue weighted by atomic mass is 19.1. The van der Waals surface area contributed by atoms with E-state index in [0.29, 0.717) is 6.04 Å². The predicted octanol–water partition coefficient (Wildman–Crippen LogP) is 3.32. The van der Waals surface area contributed by atoms with Crippen LogP contribution in [0.2, 0.25) is 0 Å². The van der Waals surface area contributed by atoms with Gasteiger partial charge in [-0.1, -0.05) is 0 Å². The van der Waals surface area contributed by atoms with Crippen molar-refractivity contribution in [3.63, 3.8) is 0 Å². The molecule has 1 aliphatic rings. The molecule has 1 aromatic carbocycles. The lowest BCUT2D eigenvalue weighted by molar-refractivity contribution is -0.135. The molecule has 8 nitrogen and oxygen atoms in total. The van der Waals surface area contributed by atoms with Gasteiger partial charge < -0.3 is 25.3 Å². The van der Waals surface area contributed by atoms with Gasteiger partial charge in [0.2, 0.25) is 0 Å². The van der Waals surface area contributed by atoms with E-state index < -0.39 is 11.9 Å². The summed E-state index contributed by atoms with van der Waals surface area (Å²) in [6.07, 6.45) is 8.05. The highest BCUT2D eigenvalue weighted by Crippen LogP contribution is 2.32. The molecule has 0 saturated heterocycles. The largest absolute Gasteiger partial charge is 0.494 e. The Balaban J connectivity index is 0.000000452. The van der Waals surface area contributed by atoms with Crippen LogP contribution in [0.25, 0.3) is 11.4 Å². The maximum absolute atomic E-state index is 13.5. The summed E-state index contributed by atoms with van der Waals surface area (Å²) >= 11 is 0. The van der Waals surface area contributed by atoms with Crippen LogP contribution in [0.4, 0.5) is 4.39 Å². The van der Waals surface area contributed by atoms with Gasteiger partial charge >= 0.3 is 0 Å². The van der Waals surface area contributed by atoms with Crippen LogP contribution < -0.4 is 10.5 Å². The maximum atomic E-state index is 13.5. The number of methoxy groups -OCH3 is 1. The molecule has 9 heteroatoms.